The molecule has 2 rings (SSSR count). The van der Waals surface area contributed by atoms with Crippen LogP contribution >= 0.6 is 0 Å². The van der Waals surface area contributed by atoms with Crippen molar-refractivity contribution in [1.29, 1.82) is 0 Å². The van der Waals surface area contributed by atoms with E-state index in [-0.39, 0.29) is 5.82 Å². The number of aromatic nitrogens is 2. The Morgan fingerprint density at radius 2 is 2.17 bits per heavy atom. The highest BCUT2D eigenvalue weighted by Gasteiger charge is 2.01. The summed E-state index contributed by atoms with van der Waals surface area (Å²) < 4.78 is 15.0. The smallest absolute Gasteiger partial charge is 0.141 e. The number of nitrogens with one attached hydrogen (secondary N) is 1. The van der Waals surface area contributed by atoms with E-state index in [0.717, 1.165) is 12.1 Å². The van der Waals surface area contributed by atoms with E-state index in [9.17, 15) is 4.39 Å². The third-order valence-electron chi connectivity index (χ3n) is 2.65. The van der Waals surface area contributed by atoms with E-state index in [0.29, 0.717) is 12.6 Å². The van der Waals surface area contributed by atoms with Crippen LogP contribution in [0.2, 0.25) is 0 Å². The van der Waals surface area contributed by atoms with Gasteiger partial charge in [0.2, 0.25) is 0 Å². The molecule has 18 heavy (non-hydrogen) atoms. The highest BCUT2D eigenvalue weighted by molar-refractivity contribution is 5.15. The van der Waals surface area contributed by atoms with Crippen molar-refractivity contribution in [3.05, 3.63) is 53.9 Å². The second kappa shape index (κ2) is 5.78. The van der Waals surface area contributed by atoms with E-state index in [2.05, 4.69) is 36.4 Å². The summed E-state index contributed by atoms with van der Waals surface area (Å²) in [7, 11) is 0. The first-order valence-corrected chi connectivity index (χ1v) is 6.11. The van der Waals surface area contributed by atoms with E-state index in [1.807, 2.05) is 10.8 Å². The fraction of sp³-hybridized carbons (Fsp3) is 0.357. The Kier molecular flexibility index (Phi) is 4.10. The van der Waals surface area contributed by atoms with Crippen molar-refractivity contribution in [3.63, 3.8) is 0 Å². The van der Waals surface area contributed by atoms with E-state index in [1.54, 1.807) is 6.20 Å². The van der Waals surface area contributed by atoms with Crippen LogP contribution in [0.4, 0.5) is 4.39 Å². The predicted molar refractivity (Wildman–Crippen MR) is 69.7 cm³/mol. The number of hydrogen-bond donors (Lipinski definition) is 1. The monoisotopic (exact) mass is 247 g/mol. The molecule has 0 amide bonds. The molecule has 2 aromatic heterocycles. The minimum absolute atomic E-state index is 0.290. The highest BCUT2D eigenvalue weighted by Crippen LogP contribution is 2.07. The van der Waals surface area contributed by atoms with Crippen molar-refractivity contribution >= 4 is 0 Å². The Labute approximate surface area is 107 Å². The molecule has 0 aliphatic heterocycles. The van der Waals surface area contributed by atoms with Crippen LogP contribution < -0.4 is 5.32 Å². The Hall–Kier alpha value is -1.68. The first-order chi connectivity index (χ1) is 8.63. The first-order valence-electron chi connectivity index (χ1n) is 6.11. The molecule has 2 aromatic rings. The van der Waals surface area contributed by atoms with Gasteiger partial charge >= 0.3 is 0 Å². The molecule has 4 heteroatoms. The molecule has 0 spiro atoms. The predicted octanol–water partition coefficient (Wildman–Crippen LogP) is 2.57. The van der Waals surface area contributed by atoms with Crippen LogP contribution in [-0.4, -0.2) is 15.6 Å². The first kappa shape index (κ1) is 12.8. The van der Waals surface area contributed by atoms with Crippen molar-refractivity contribution in [2.75, 3.05) is 0 Å². The fourth-order valence-electron chi connectivity index (χ4n) is 1.77. The maximum Gasteiger partial charge on any atom is 0.141 e. The molecule has 0 bridgehead atoms. The van der Waals surface area contributed by atoms with Crippen molar-refractivity contribution in [2.24, 2.45) is 0 Å². The summed E-state index contributed by atoms with van der Waals surface area (Å²) in [5.74, 6) is -0.290. The van der Waals surface area contributed by atoms with E-state index < -0.39 is 0 Å². The average molecular weight is 247 g/mol. The molecule has 1 N–H and O–H groups in total. The molecule has 3 nitrogen and oxygen atoms in total. The molecule has 0 aliphatic rings. The van der Waals surface area contributed by atoms with Crippen LogP contribution in [0.3, 0.4) is 0 Å². The zero-order chi connectivity index (χ0) is 13.0. The zero-order valence-electron chi connectivity index (χ0n) is 10.7. The van der Waals surface area contributed by atoms with Gasteiger partial charge in [-0.3, -0.25) is 4.98 Å². The van der Waals surface area contributed by atoms with Crippen LogP contribution in [0.25, 0.3) is 0 Å². The molecule has 0 fully saturated rings. The van der Waals surface area contributed by atoms with Gasteiger partial charge in [-0.05, 0) is 23.3 Å². The molecule has 0 saturated heterocycles. The van der Waals surface area contributed by atoms with Gasteiger partial charge in [-0.25, -0.2) is 4.39 Å². The lowest BCUT2D eigenvalue weighted by Crippen LogP contribution is -2.21. The zero-order valence-corrected chi connectivity index (χ0v) is 10.7. The Morgan fingerprint density at radius 1 is 1.33 bits per heavy atom. The van der Waals surface area contributed by atoms with E-state index in [1.165, 1.54) is 17.8 Å². The maximum absolute atomic E-state index is 13.0. The van der Waals surface area contributed by atoms with Crippen LogP contribution in [0.15, 0.2) is 36.9 Å². The summed E-state index contributed by atoms with van der Waals surface area (Å²) in [6.45, 7) is 5.74. The molecule has 0 aliphatic carbocycles. The summed E-state index contributed by atoms with van der Waals surface area (Å²) in [6, 6.07) is 4.06. The Morgan fingerprint density at radius 3 is 2.89 bits per heavy atom. The molecule has 0 atom stereocenters. The van der Waals surface area contributed by atoms with Gasteiger partial charge in [-0.1, -0.05) is 13.8 Å². The maximum atomic E-state index is 13.0. The molecule has 2 heterocycles. The molecular weight excluding hydrogens is 229 g/mol. The van der Waals surface area contributed by atoms with Gasteiger partial charge in [0.05, 0.1) is 6.20 Å². The van der Waals surface area contributed by atoms with Gasteiger partial charge in [0.15, 0.2) is 0 Å². The summed E-state index contributed by atoms with van der Waals surface area (Å²) in [5, 5.41) is 3.36. The second-order valence-corrected chi connectivity index (χ2v) is 4.74. The van der Waals surface area contributed by atoms with Gasteiger partial charge in [-0.15, -0.1) is 0 Å². The van der Waals surface area contributed by atoms with Gasteiger partial charge in [-0.2, -0.15) is 0 Å². The minimum Gasteiger partial charge on any atom is -0.350 e. The molecule has 0 radical (unpaired) electrons. The third kappa shape index (κ3) is 3.67. The third-order valence-corrected chi connectivity index (χ3v) is 2.65. The lowest BCUT2D eigenvalue weighted by atomic mass is 10.3. The van der Waals surface area contributed by atoms with Crippen molar-refractivity contribution in [3.8, 4) is 0 Å². The van der Waals surface area contributed by atoms with Crippen molar-refractivity contribution in [2.45, 2.75) is 33.0 Å². The quantitative estimate of drug-likeness (QED) is 0.880. The largest absolute Gasteiger partial charge is 0.350 e. The molecule has 96 valence electrons. The average Bonchev–Trinajstić information content (AvgIpc) is 2.74. The highest BCUT2D eigenvalue weighted by atomic mass is 19.1. The summed E-state index contributed by atoms with van der Waals surface area (Å²) in [4.78, 5) is 3.85. The van der Waals surface area contributed by atoms with Crippen LogP contribution in [-0.2, 0) is 13.1 Å². The standard InChI is InChI=1S/C14H18FN3/c1-11(2)17-7-12-3-4-18(9-12)10-13-5-14(15)8-16-6-13/h3-6,8-9,11,17H,7,10H2,1-2H3. The number of rotatable bonds is 5. The molecule has 0 aromatic carbocycles. The topological polar surface area (TPSA) is 29.9 Å². The van der Waals surface area contributed by atoms with Crippen LogP contribution in [0, 0.1) is 5.82 Å². The second-order valence-electron chi connectivity index (χ2n) is 4.74. The Balaban J connectivity index is 1.98. The molecular formula is C14H18FN3. The van der Waals surface area contributed by atoms with E-state index >= 15 is 0 Å². The minimum atomic E-state index is -0.290. The van der Waals surface area contributed by atoms with Gasteiger partial charge in [0.25, 0.3) is 0 Å². The van der Waals surface area contributed by atoms with Crippen LogP contribution in [0.1, 0.15) is 25.0 Å². The van der Waals surface area contributed by atoms with Crippen molar-refractivity contribution in [1.82, 2.24) is 14.9 Å². The lowest BCUT2D eigenvalue weighted by Gasteiger charge is -2.06. The number of pyridine rings is 1. The number of nitrogens with zero attached hydrogens (tertiary/aromatic N) is 2. The van der Waals surface area contributed by atoms with Gasteiger partial charge in [0, 0.05) is 37.7 Å². The molecule has 0 saturated carbocycles. The normalized spacial score (nSPS) is 11.1. The lowest BCUT2D eigenvalue weighted by molar-refractivity contribution is 0.588. The summed E-state index contributed by atoms with van der Waals surface area (Å²) in [6.07, 6.45) is 6.98. The number of hydrogen-bond acceptors (Lipinski definition) is 2. The summed E-state index contributed by atoms with van der Waals surface area (Å²) >= 11 is 0. The Bertz CT molecular complexity index is 505. The summed E-state index contributed by atoms with van der Waals surface area (Å²) in [5.41, 5.74) is 2.10. The fourth-order valence-corrected chi connectivity index (χ4v) is 1.77. The SMILES string of the molecule is CC(C)NCc1ccn(Cc2cncc(F)c2)c1. The van der Waals surface area contributed by atoms with Gasteiger partial charge in [0.1, 0.15) is 5.82 Å². The number of halogens is 1. The van der Waals surface area contributed by atoms with Gasteiger partial charge < -0.3 is 9.88 Å². The van der Waals surface area contributed by atoms with Crippen molar-refractivity contribution < 1.29 is 4.39 Å². The molecule has 0 unspecified atom stereocenters. The van der Waals surface area contributed by atoms with Crippen LogP contribution in [0.5, 0.6) is 0 Å². The van der Waals surface area contributed by atoms with E-state index in [4.69, 9.17) is 0 Å².